The Morgan fingerprint density at radius 3 is 2.80 bits per heavy atom. The summed E-state index contributed by atoms with van der Waals surface area (Å²) in [6.45, 7) is 3.33. The standard InChI is InChI=1S/C11H14FNO2/c1-7-3-8(6-15-7)10(14)13-9-4-11(2,12)5-9/h3,6,9H,4-5H2,1-2H3,(H,13,14). The van der Waals surface area contributed by atoms with Gasteiger partial charge in [0.1, 0.15) is 17.7 Å². The first-order valence-electron chi connectivity index (χ1n) is 5.01. The fourth-order valence-electron chi connectivity index (χ4n) is 1.90. The van der Waals surface area contributed by atoms with Crippen molar-refractivity contribution in [1.82, 2.24) is 5.32 Å². The summed E-state index contributed by atoms with van der Waals surface area (Å²) in [5, 5.41) is 2.76. The van der Waals surface area contributed by atoms with Gasteiger partial charge in [0.25, 0.3) is 5.91 Å². The highest BCUT2D eigenvalue weighted by Gasteiger charge is 2.41. The molecule has 1 heterocycles. The van der Waals surface area contributed by atoms with Crippen molar-refractivity contribution >= 4 is 5.91 Å². The zero-order valence-corrected chi connectivity index (χ0v) is 8.84. The molecule has 0 aliphatic heterocycles. The molecule has 82 valence electrons. The summed E-state index contributed by atoms with van der Waals surface area (Å²) < 4.78 is 18.2. The maximum atomic E-state index is 13.1. The van der Waals surface area contributed by atoms with Crippen LogP contribution in [0.2, 0.25) is 0 Å². The highest BCUT2D eigenvalue weighted by Crippen LogP contribution is 2.35. The number of alkyl halides is 1. The van der Waals surface area contributed by atoms with Crippen LogP contribution in [0.1, 0.15) is 35.9 Å². The van der Waals surface area contributed by atoms with Gasteiger partial charge in [-0.15, -0.1) is 0 Å². The summed E-state index contributed by atoms with van der Waals surface area (Å²) >= 11 is 0. The van der Waals surface area contributed by atoms with Crippen molar-refractivity contribution in [3.05, 3.63) is 23.7 Å². The van der Waals surface area contributed by atoms with Crippen LogP contribution in [0.4, 0.5) is 4.39 Å². The second kappa shape index (κ2) is 3.36. The number of hydrogen-bond donors (Lipinski definition) is 1. The van der Waals surface area contributed by atoms with Gasteiger partial charge in [-0.2, -0.15) is 0 Å². The summed E-state index contributed by atoms with van der Waals surface area (Å²) in [5.41, 5.74) is -0.607. The highest BCUT2D eigenvalue weighted by molar-refractivity contribution is 5.94. The van der Waals surface area contributed by atoms with Gasteiger partial charge in [-0.05, 0) is 19.9 Å². The molecule has 4 heteroatoms. The molecule has 1 N–H and O–H groups in total. The average molecular weight is 211 g/mol. The van der Waals surface area contributed by atoms with E-state index in [2.05, 4.69) is 5.32 Å². The van der Waals surface area contributed by atoms with Gasteiger partial charge in [0.2, 0.25) is 0 Å². The average Bonchev–Trinajstić information content (AvgIpc) is 2.48. The molecule has 2 rings (SSSR count). The van der Waals surface area contributed by atoms with E-state index < -0.39 is 5.67 Å². The van der Waals surface area contributed by atoms with Crippen LogP contribution < -0.4 is 5.32 Å². The van der Waals surface area contributed by atoms with Crippen molar-refractivity contribution in [2.24, 2.45) is 0 Å². The lowest BCUT2D eigenvalue weighted by atomic mass is 9.79. The number of furan rings is 1. The molecule has 1 saturated carbocycles. The third-order valence-electron chi connectivity index (χ3n) is 2.67. The van der Waals surface area contributed by atoms with Gasteiger partial charge >= 0.3 is 0 Å². The molecule has 0 spiro atoms. The van der Waals surface area contributed by atoms with Crippen molar-refractivity contribution < 1.29 is 13.6 Å². The molecule has 1 aromatic rings. The summed E-state index contributed by atoms with van der Waals surface area (Å²) in [5.74, 6) is 0.511. The van der Waals surface area contributed by atoms with Gasteiger partial charge in [-0.3, -0.25) is 4.79 Å². The van der Waals surface area contributed by atoms with Crippen LogP contribution in [0.15, 0.2) is 16.7 Å². The van der Waals surface area contributed by atoms with Gasteiger partial charge in [0.15, 0.2) is 0 Å². The molecule has 1 aromatic heterocycles. The van der Waals surface area contributed by atoms with Gasteiger partial charge in [-0.25, -0.2) is 4.39 Å². The lowest BCUT2D eigenvalue weighted by molar-refractivity contribution is 0.0445. The zero-order chi connectivity index (χ0) is 11.1. The number of amides is 1. The summed E-state index contributed by atoms with van der Waals surface area (Å²) in [4.78, 5) is 11.6. The largest absolute Gasteiger partial charge is 0.469 e. The Balaban J connectivity index is 1.89. The second-order valence-electron chi connectivity index (χ2n) is 4.44. The van der Waals surface area contributed by atoms with E-state index in [1.807, 2.05) is 0 Å². The SMILES string of the molecule is Cc1cc(C(=O)NC2CC(C)(F)C2)co1. The minimum Gasteiger partial charge on any atom is -0.469 e. The molecule has 0 bridgehead atoms. The molecule has 1 amide bonds. The molecular weight excluding hydrogens is 197 g/mol. The van der Waals surface area contributed by atoms with Crippen LogP contribution in [0, 0.1) is 6.92 Å². The Labute approximate surface area is 87.7 Å². The predicted octanol–water partition coefficient (Wildman–Crippen LogP) is 2.21. The van der Waals surface area contributed by atoms with Crippen molar-refractivity contribution in [3.63, 3.8) is 0 Å². The number of aryl methyl sites for hydroxylation is 1. The van der Waals surface area contributed by atoms with E-state index >= 15 is 0 Å². The Morgan fingerprint density at radius 1 is 1.67 bits per heavy atom. The lowest BCUT2D eigenvalue weighted by Crippen LogP contribution is -2.51. The molecule has 0 atom stereocenters. The summed E-state index contributed by atoms with van der Waals surface area (Å²) in [7, 11) is 0. The fraction of sp³-hybridized carbons (Fsp3) is 0.545. The number of nitrogens with one attached hydrogen (secondary N) is 1. The van der Waals surface area contributed by atoms with Crippen LogP contribution in [0.25, 0.3) is 0 Å². The van der Waals surface area contributed by atoms with Gasteiger partial charge in [0, 0.05) is 18.9 Å². The van der Waals surface area contributed by atoms with E-state index in [1.54, 1.807) is 19.9 Å². The van der Waals surface area contributed by atoms with Gasteiger partial charge < -0.3 is 9.73 Å². The molecule has 1 aliphatic rings. The second-order valence-corrected chi connectivity index (χ2v) is 4.44. The lowest BCUT2D eigenvalue weighted by Gasteiger charge is -2.38. The van der Waals surface area contributed by atoms with Gasteiger partial charge in [-0.1, -0.05) is 0 Å². The van der Waals surface area contributed by atoms with Crippen molar-refractivity contribution in [2.45, 2.75) is 38.4 Å². The molecule has 0 radical (unpaired) electrons. The molecule has 0 unspecified atom stereocenters. The van der Waals surface area contributed by atoms with Crippen molar-refractivity contribution in [2.75, 3.05) is 0 Å². The first-order chi connectivity index (χ1) is 6.96. The van der Waals surface area contributed by atoms with E-state index in [1.165, 1.54) is 6.26 Å². The third-order valence-corrected chi connectivity index (χ3v) is 2.67. The Kier molecular flexibility index (Phi) is 2.29. The number of hydrogen-bond acceptors (Lipinski definition) is 2. The summed E-state index contributed by atoms with van der Waals surface area (Å²) in [6.07, 6.45) is 2.21. The number of halogens is 1. The van der Waals surface area contributed by atoms with Crippen LogP contribution in [-0.2, 0) is 0 Å². The predicted molar refractivity (Wildman–Crippen MR) is 53.4 cm³/mol. The van der Waals surface area contributed by atoms with Crippen LogP contribution in [0.5, 0.6) is 0 Å². The van der Waals surface area contributed by atoms with E-state index in [4.69, 9.17) is 4.42 Å². The van der Waals surface area contributed by atoms with E-state index in [0.29, 0.717) is 24.2 Å². The molecule has 0 aromatic carbocycles. The number of rotatable bonds is 2. The first kappa shape index (κ1) is 10.2. The van der Waals surface area contributed by atoms with Gasteiger partial charge in [0.05, 0.1) is 5.56 Å². The number of carbonyl (C=O) groups excluding carboxylic acids is 1. The van der Waals surface area contributed by atoms with E-state index in [9.17, 15) is 9.18 Å². The first-order valence-corrected chi connectivity index (χ1v) is 5.01. The smallest absolute Gasteiger partial charge is 0.254 e. The van der Waals surface area contributed by atoms with Crippen LogP contribution in [0.3, 0.4) is 0 Å². The molecular formula is C11H14FNO2. The van der Waals surface area contributed by atoms with Crippen LogP contribution >= 0.6 is 0 Å². The van der Waals surface area contributed by atoms with E-state index in [0.717, 1.165) is 0 Å². The summed E-state index contributed by atoms with van der Waals surface area (Å²) in [6, 6.07) is 1.63. The zero-order valence-electron chi connectivity index (χ0n) is 8.84. The Hall–Kier alpha value is -1.32. The minimum atomic E-state index is -1.11. The van der Waals surface area contributed by atoms with Crippen molar-refractivity contribution in [3.8, 4) is 0 Å². The molecule has 0 saturated heterocycles. The fourth-order valence-corrected chi connectivity index (χ4v) is 1.90. The van der Waals surface area contributed by atoms with E-state index in [-0.39, 0.29) is 11.9 Å². The third kappa shape index (κ3) is 2.19. The normalized spacial score (nSPS) is 29.7. The molecule has 1 aliphatic carbocycles. The highest BCUT2D eigenvalue weighted by atomic mass is 19.1. The minimum absolute atomic E-state index is 0.0392. The Bertz CT molecular complexity index is 376. The van der Waals surface area contributed by atoms with Crippen LogP contribution in [-0.4, -0.2) is 17.6 Å². The quantitative estimate of drug-likeness (QED) is 0.814. The van der Waals surface area contributed by atoms with Crippen molar-refractivity contribution in [1.29, 1.82) is 0 Å². The topological polar surface area (TPSA) is 42.2 Å². The number of carbonyl (C=O) groups is 1. The molecule has 15 heavy (non-hydrogen) atoms. The monoisotopic (exact) mass is 211 g/mol. The Morgan fingerprint density at radius 2 is 2.33 bits per heavy atom. The maximum absolute atomic E-state index is 13.1. The maximum Gasteiger partial charge on any atom is 0.254 e. The molecule has 3 nitrogen and oxygen atoms in total. The molecule has 1 fully saturated rings.